The second-order valence-corrected chi connectivity index (χ2v) is 6.25. The fourth-order valence-electron chi connectivity index (χ4n) is 3.29. The van der Waals surface area contributed by atoms with Gasteiger partial charge in [-0.05, 0) is 19.1 Å². The largest absolute Gasteiger partial charge is 0.466 e. The Labute approximate surface area is 148 Å². The van der Waals surface area contributed by atoms with E-state index in [1.807, 2.05) is 17.6 Å². The van der Waals surface area contributed by atoms with E-state index in [2.05, 4.69) is 4.99 Å². The molecular formula is C16H17N6O4+. The van der Waals surface area contributed by atoms with Crippen molar-refractivity contribution in [2.75, 3.05) is 13.6 Å². The topological polar surface area (TPSA) is 118 Å². The summed E-state index contributed by atoms with van der Waals surface area (Å²) in [6.07, 6.45) is 3.38. The number of amides is 4. The first-order chi connectivity index (χ1) is 12.4. The van der Waals surface area contributed by atoms with Gasteiger partial charge in [0, 0.05) is 7.05 Å². The van der Waals surface area contributed by atoms with Crippen LogP contribution in [0, 0.1) is 6.92 Å². The summed E-state index contributed by atoms with van der Waals surface area (Å²) in [5.74, 6) is 0.324. The van der Waals surface area contributed by atoms with Crippen molar-refractivity contribution in [1.82, 2.24) is 14.4 Å². The van der Waals surface area contributed by atoms with Gasteiger partial charge in [0.15, 0.2) is 0 Å². The van der Waals surface area contributed by atoms with Crippen LogP contribution in [0.25, 0.3) is 0 Å². The number of aromatic nitrogens is 2. The van der Waals surface area contributed by atoms with Crippen molar-refractivity contribution in [3.05, 3.63) is 36.0 Å². The van der Waals surface area contributed by atoms with E-state index in [1.54, 1.807) is 23.1 Å². The molecule has 134 valence electrons. The van der Waals surface area contributed by atoms with Crippen LogP contribution >= 0.6 is 0 Å². The van der Waals surface area contributed by atoms with Gasteiger partial charge in [-0.15, -0.1) is 0 Å². The Kier molecular flexibility index (Phi) is 3.43. The van der Waals surface area contributed by atoms with Crippen molar-refractivity contribution < 1.29 is 23.4 Å². The Morgan fingerprint density at radius 1 is 1.42 bits per heavy atom. The fourth-order valence-corrected chi connectivity index (χ4v) is 3.29. The fraction of sp³-hybridized carbons (Fsp3) is 0.312. The minimum absolute atomic E-state index is 0.323. The van der Waals surface area contributed by atoms with Crippen molar-refractivity contribution in [3.8, 4) is 0 Å². The molecule has 10 nitrogen and oxygen atoms in total. The van der Waals surface area contributed by atoms with E-state index in [1.165, 1.54) is 11.9 Å². The lowest BCUT2D eigenvalue weighted by Gasteiger charge is -2.32. The molecule has 2 aliphatic rings. The molecule has 2 aromatic heterocycles. The van der Waals surface area contributed by atoms with Gasteiger partial charge in [0.1, 0.15) is 30.7 Å². The third kappa shape index (κ3) is 2.22. The van der Waals surface area contributed by atoms with Gasteiger partial charge in [0.2, 0.25) is 17.8 Å². The number of imidazole rings is 1. The zero-order valence-corrected chi connectivity index (χ0v) is 14.2. The average Bonchev–Trinajstić information content (AvgIpc) is 3.28. The molecule has 1 unspecified atom stereocenters. The van der Waals surface area contributed by atoms with Gasteiger partial charge in [0.25, 0.3) is 5.91 Å². The van der Waals surface area contributed by atoms with Crippen molar-refractivity contribution in [2.24, 2.45) is 10.7 Å². The van der Waals surface area contributed by atoms with Crippen LogP contribution in [0.4, 0.5) is 10.7 Å². The van der Waals surface area contributed by atoms with E-state index in [0.717, 1.165) is 16.4 Å². The number of primary amides is 1. The molecule has 0 spiro atoms. The summed E-state index contributed by atoms with van der Waals surface area (Å²) in [5.41, 5.74) is 6.06. The van der Waals surface area contributed by atoms with Crippen LogP contribution in [0.2, 0.25) is 0 Å². The van der Waals surface area contributed by atoms with Gasteiger partial charge < -0.3 is 10.2 Å². The number of imide groups is 1. The van der Waals surface area contributed by atoms with Crippen LogP contribution in [0.5, 0.6) is 0 Å². The summed E-state index contributed by atoms with van der Waals surface area (Å²) in [5, 5.41) is 0. The van der Waals surface area contributed by atoms with Gasteiger partial charge in [-0.25, -0.2) is 13.9 Å². The van der Waals surface area contributed by atoms with Crippen molar-refractivity contribution in [1.29, 1.82) is 0 Å². The highest BCUT2D eigenvalue weighted by atomic mass is 16.3. The summed E-state index contributed by atoms with van der Waals surface area (Å²) < 4.78 is 8.99. The van der Waals surface area contributed by atoms with Crippen LogP contribution in [0.1, 0.15) is 17.5 Å². The maximum absolute atomic E-state index is 12.8. The van der Waals surface area contributed by atoms with Crippen LogP contribution in [-0.4, -0.2) is 51.6 Å². The minimum Gasteiger partial charge on any atom is -0.466 e. The van der Waals surface area contributed by atoms with E-state index >= 15 is 0 Å². The zero-order valence-electron chi connectivity index (χ0n) is 14.2. The minimum atomic E-state index is -0.802. The number of hydrogen-bond acceptors (Lipinski definition) is 5. The number of fused-ring (bicyclic) bond motifs is 3. The molecule has 1 fully saturated rings. The van der Waals surface area contributed by atoms with Gasteiger partial charge in [0.05, 0.1) is 6.26 Å². The summed E-state index contributed by atoms with van der Waals surface area (Å²) >= 11 is 0. The molecule has 0 radical (unpaired) electrons. The van der Waals surface area contributed by atoms with Crippen LogP contribution < -0.4 is 10.3 Å². The lowest BCUT2D eigenvalue weighted by atomic mass is 10.1. The predicted molar refractivity (Wildman–Crippen MR) is 87.4 cm³/mol. The number of nitrogens with zero attached hydrogens (tertiary/aromatic N) is 5. The molecule has 4 amide bonds. The Bertz CT molecular complexity index is 958. The van der Waals surface area contributed by atoms with Gasteiger partial charge in [-0.3, -0.25) is 19.4 Å². The number of hydrogen-bond donors (Lipinski definition) is 1. The first kappa shape index (κ1) is 16.1. The van der Waals surface area contributed by atoms with Crippen molar-refractivity contribution in [2.45, 2.75) is 19.5 Å². The zero-order chi connectivity index (χ0) is 18.6. The molecule has 10 heteroatoms. The average molecular weight is 357 g/mol. The van der Waals surface area contributed by atoms with E-state index in [-0.39, 0.29) is 0 Å². The van der Waals surface area contributed by atoms with E-state index in [4.69, 9.17) is 10.2 Å². The summed E-state index contributed by atoms with van der Waals surface area (Å²) in [6.45, 7) is 1.88. The lowest BCUT2D eigenvalue weighted by molar-refractivity contribution is -0.677. The molecule has 0 aromatic carbocycles. The molecule has 26 heavy (non-hydrogen) atoms. The molecule has 0 bridgehead atoms. The predicted octanol–water partition coefficient (Wildman–Crippen LogP) is -0.311. The highest BCUT2D eigenvalue weighted by Gasteiger charge is 2.53. The first-order valence-corrected chi connectivity index (χ1v) is 7.98. The second-order valence-electron chi connectivity index (χ2n) is 6.25. The van der Waals surface area contributed by atoms with Crippen LogP contribution in [0.3, 0.4) is 0 Å². The Balaban J connectivity index is 1.77. The molecule has 1 atom stereocenters. The second kappa shape index (κ2) is 5.55. The van der Waals surface area contributed by atoms with Gasteiger partial charge in [-0.1, -0.05) is 4.99 Å². The first-order valence-electron chi connectivity index (χ1n) is 7.98. The molecule has 0 aliphatic carbocycles. The van der Waals surface area contributed by atoms with E-state index in [0.29, 0.717) is 18.3 Å². The quantitative estimate of drug-likeness (QED) is 0.755. The maximum Gasteiger partial charge on any atom is 0.402 e. The normalized spacial score (nSPS) is 18.8. The summed E-state index contributed by atoms with van der Waals surface area (Å²) in [4.78, 5) is 43.1. The summed E-state index contributed by atoms with van der Waals surface area (Å²) in [6, 6.07) is 2.22. The smallest absolute Gasteiger partial charge is 0.402 e. The Hall–Kier alpha value is -3.43. The number of carbonyl (C=O) groups is 3. The van der Waals surface area contributed by atoms with Crippen molar-refractivity contribution in [3.63, 3.8) is 0 Å². The third-order valence-electron chi connectivity index (χ3n) is 4.53. The number of rotatable bonds is 4. The number of furan rings is 1. The molecule has 0 saturated carbocycles. The number of aliphatic imine (C=N–C) groups is 1. The number of likely N-dealkylation sites (N-methyl/N-ethyl adjacent to an activating group) is 1. The molecule has 2 aliphatic heterocycles. The SMILES string of the molecule is Cc1c[n+]2c(n1Cc1ccco1)N=C1C2C(=O)N(CC(N)=O)C(=O)N1C. The number of amidine groups is 1. The number of carbonyl (C=O) groups excluding carboxylic acids is 3. The monoisotopic (exact) mass is 357 g/mol. The molecular weight excluding hydrogens is 340 g/mol. The molecule has 4 rings (SSSR count). The lowest BCUT2D eigenvalue weighted by Crippen LogP contribution is -2.63. The molecule has 1 saturated heterocycles. The molecule has 2 aromatic rings. The number of aryl methyl sites for hydroxylation is 1. The summed E-state index contributed by atoms with van der Waals surface area (Å²) in [7, 11) is 1.52. The molecule has 2 N–H and O–H groups in total. The van der Waals surface area contributed by atoms with Gasteiger partial charge in [-0.2, -0.15) is 0 Å². The van der Waals surface area contributed by atoms with Gasteiger partial charge >= 0.3 is 12.0 Å². The highest BCUT2D eigenvalue weighted by Crippen LogP contribution is 2.29. The van der Waals surface area contributed by atoms with E-state index < -0.39 is 30.4 Å². The van der Waals surface area contributed by atoms with Crippen LogP contribution in [-0.2, 0) is 16.1 Å². The maximum atomic E-state index is 12.8. The van der Waals surface area contributed by atoms with E-state index in [9.17, 15) is 14.4 Å². The van der Waals surface area contributed by atoms with Crippen molar-refractivity contribution >= 4 is 29.6 Å². The third-order valence-corrected chi connectivity index (χ3v) is 4.53. The number of urea groups is 1. The number of nitrogens with two attached hydrogens (primary N) is 1. The standard InChI is InChI=1S/C16H16N6O4/c1-9-6-21-12-13(18-15(21)20(9)7-10-4-3-5-26-10)19(2)16(25)22(14(12)24)8-11(17)23/h3-6,12H,7-8H2,1-2H3,(H-,17,23)/p+1. The van der Waals surface area contributed by atoms with Crippen LogP contribution in [0.15, 0.2) is 34.0 Å². The molecule has 4 heterocycles. The highest BCUT2D eigenvalue weighted by molar-refractivity contribution is 6.19. The Morgan fingerprint density at radius 2 is 2.19 bits per heavy atom. The Morgan fingerprint density at radius 3 is 2.85 bits per heavy atom.